The van der Waals surface area contributed by atoms with Gasteiger partial charge in [0.2, 0.25) is 5.91 Å². The van der Waals surface area contributed by atoms with Crippen molar-refractivity contribution < 1.29 is 4.79 Å². The lowest BCUT2D eigenvalue weighted by Crippen LogP contribution is -2.48. The fraction of sp³-hybridized carbons (Fsp3) is 0.929. The highest BCUT2D eigenvalue weighted by atomic mass is 16.2. The monoisotopic (exact) mass is 266 g/mol. The molecule has 0 aromatic heterocycles. The van der Waals surface area contributed by atoms with E-state index in [1.54, 1.807) is 0 Å². The Bertz CT molecular complexity index is 323. The first kappa shape index (κ1) is 13.3. The predicted molar refractivity (Wildman–Crippen MR) is 74.8 cm³/mol. The zero-order valence-electron chi connectivity index (χ0n) is 11.8. The van der Waals surface area contributed by atoms with Crippen molar-refractivity contribution in [3.05, 3.63) is 0 Å². The molecule has 1 atom stereocenters. The molecule has 5 nitrogen and oxygen atoms in total. The fourth-order valence-corrected chi connectivity index (χ4v) is 3.40. The Morgan fingerprint density at radius 2 is 1.79 bits per heavy atom. The van der Waals surface area contributed by atoms with Crippen LogP contribution in [0.5, 0.6) is 0 Å². The number of piperidine rings is 1. The molecule has 19 heavy (non-hydrogen) atoms. The van der Waals surface area contributed by atoms with Crippen LogP contribution in [0.4, 0.5) is 0 Å². The van der Waals surface area contributed by atoms with Crippen LogP contribution in [0.2, 0.25) is 0 Å². The van der Waals surface area contributed by atoms with Crippen LogP contribution in [-0.4, -0.2) is 78.5 Å². The van der Waals surface area contributed by atoms with E-state index in [9.17, 15) is 4.79 Å². The Hall–Kier alpha value is -0.650. The molecule has 0 aromatic rings. The van der Waals surface area contributed by atoms with E-state index in [-0.39, 0.29) is 0 Å². The third-order valence-electron chi connectivity index (χ3n) is 4.91. The summed E-state index contributed by atoms with van der Waals surface area (Å²) in [5.41, 5.74) is 5.96. The Labute approximate surface area is 115 Å². The topological polar surface area (TPSA) is 52.8 Å². The van der Waals surface area contributed by atoms with E-state index in [0.717, 1.165) is 52.1 Å². The van der Waals surface area contributed by atoms with Gasteiger partial charge in [0.15, 0.2) is 0 Å². The summed E-state index contributed by atoms with van der Waals surface area (Å²) >= 11 is 0. The number of carbonyl (C=O) groups excluding carboxylic acids is 1. The second-order valence-electron chi connectivity index (χ2n) is 6.29. The van der Waals surface area contributed by atoms with Gasteiger partial charge in [0.1, 0.15) is 0 Å². The van der Waals surface area contributed by atoms with Crippen LogP contribution in [0.25, 0.3) is 0 Å². The summed E-state index contributed by atoms with van der Waals surface area (Å²) in [6.45, 7) is 6.99. The highest BCUT2D eigenvalue weighted by Gasteiger charge is 2.31. The molecule has 1 amide bonds. The fourth-order valence-electron chi connectivity index (χ4n) is 3.40. The van der Waals surface area contributed by atoms with Gasteiger partial charge in [-0.25, -0.2) is 0 Å². The third kappa shape index (κ3) is 3.09. The zero-order chi connectivity index (χ0) is 13.2. The van der Waals surface area contributed by atoms with E-state index in [2.05, 4.69) is 9.80 Å². The first-order valence-corrected chi connectivity index (χ1v) is 7.72. The maximum Gasteiger partial charge on any atom is 0.236 e. The molecular weight excluding hydrogens is 240 g/mol. The first-order chi connectivity index (χ1) is 9.22. The van der Waals surface area contributed by atoms with Gasteiger partial charge in [0, 0.05) is 38.3 Å². The van der Waals surface area contributed by atoms with Crippen LogP contribution < -0.4 is 5.73 Å². The van der Waals surface area contributed by atoms with Gasteiger partial charge in [-0.15, -0.1) is 0 Å². The van der Waals surface area contributed by atoms with Crippen molar-refractivity contribution in [2.75, 3.05) is 45.8 Å². The molecule has 0 aromatic carbocycles. The Morgan fingerprint density at radius 1 is 1.05 bits per heavy atom. The normalized spacial score (nSPS) is 30.6. The summed E-state index contributed by atoms with van der Waals surface area (Å²) in [6, 6.07) is 1.05. The Kier molecular flexibility index (Phi) is 4.05. The van der Waals surface area contributed by atoms with Crippen molar-refractivity contribution in [1.82, 2.24) is 14.7 Å². The lowest BCUT2D eigenvalue weighted by atomic mass is 10.0. The number of nitrogens with two attached hydrogens (primary N) is 1. The average molecular weight is 266 g/mol. The van der Waals surface area contributed by atoms with Gasteiger partial charge in [-0.3, -0.25) is 14.6 Å². The third-order valence-corrected chi connectivity index (χ3v) is 4.91. The molecule has 0 radical (unpaired) electrons. The number of nitrogens with zero attached hydrogens (tertiary/aromatic N) is 3. The number of likely N-dealkylation sites (tertiary alicyclic amines) is 3. The molecule has 108 valence electrons. The maximum absolute atomic E-state index is 12.0. The second kappa shape index (κ2) is 5.77. The van der Waals surface area contributed by atoms with Gasteiger partial charge in [-0.1, -0.05) is 0 Å². The van der Waals surface area contributed by atoms with E-state index >= 15 is 0 Å². The van der Waals surface area contributed by atoms with E-state index in [1.165, 1.54) is 12.8 Å². The molecule has 2 N–H and O–H groups in total. The number of carbonyl (C=O) groups is 1. The lowest BCUT2D eigenvalue weighted by molar-refractivity contribution is -0.135. The molecule has 1 unspecified atom stereocenters. The van der Waals surface area contributed by atoms with Gasteiger partial charge >= 0.3 is 0 Å². The molecule has 0 aliphatic carbocycles. The molecule has 0 bridgehead atoms. The van der Waals surface area contributed by atoms with Crippen molar-refractivity contribution >= 4 is 5.91 Å². The first-order valence-electron chi connectivity index (χ1n) is 7.72. The van der Waals surface area contributed by atoms with Crippen LogP contribution in [0.1, 0.15) is 25.7 Å². The Balaban J connectivity index is 1.43. The SMILES string of the molecule is NC1CCN(C2CCN(CC(=O)N3CCC3)C2)CC1. The Morgan fingerprint density at radius 3 is 2.42 bits per heavy atom. The van der Waals surface area contributed by atoms with Gasteiger partial charge in [0.05, 0.1) is 6.54 Å². The average Bonchev–Trinajstić information content (AvgIpc) is 2.76. The zero-order valence-corrected chi connectivity index (χ0v) is 11.8. The number of hydrogen-bond acceptors (Lipinski definition) is 4. The van der Waals surface area contributed by atoms with Crippen molar-refractivity contribution in [1.29, 1.82) is 0 Å². The molecule has 0 saturated carbocycles. The number of rotatable bonds is 3. The van der Waals surface area contributed by atoms with Gasteiger partial charge < -0.3 is 10.6 Å². The van der Waals surface area contributed by atoms with Crippen LogP contribution in [-0.2, 0) is 4.79 Å². The second-order valence-corrected chi connectivity index (χ2v) is 6.29. The maximum atomic E-state index is 12.0. The highest BCUT2D eigenvalue weighted by Crippen LogP contribution is 2.20. The minimum Gasteiger partial charge on any atom is -0.341 e. The van der Waals surface area contributed by atoms with Crippen LogP contribution >= 0.6 is 0 Å². The van der Waals surface area contributed by atoms with E-state index in [4.69, 9.17) is 5.73 Å². The standard InChI is InChI=1S/C14H26N4O/c15-12-2-8-17(9-3-12)13-4-7-16(10-13)11-14(19)18-5-1-6-18/h12-13H,1-11,15H2. The van der Waals surface area contributed by atoms with Gasteiger partial charge in [-0.2, -0.15) is 0 Å². The predicted octanol–water partition coefficient (Wildman–Crippen LogP) is -0.284. The van der Waals surface area contributed by atoms with E-state index in [1.807, 2.05) is 4.90 Å². The van der Waals surface area contributed by atoms with Crippen molar-refractivity contribution in [3.63, 3.8) is 0 Å². The quantitative estimate of drug-likeness (QED) is 0.763. The molecule has 5 heteroatoms. The molecule has 3 aliphatic heterocycles. The molecule has 3 rings (SSSR count). The largest absolute Gasteiger partial charge is 0.341 e. The van der Waals surface area contributed by atoms with E-state index < -0.39 is 0 Å². The van der Waals surface area contributed by atoms with Crippen LogP contribution in [0, 0.1) is 0 Å². The molecule has 3 saturated heterocycles. The van der Waals surface area contributed by atoms with Gasteiger partial charge in [-0.05, 0) is 38.8 Å². The number of hydrogen-bond donors (Lipinski definition) is 1. The van der Waals surface area contributed by atoms with Crippen molar-refractivity contribution in [2.24, 2.45) is 5.73 Å². The van der Waals surface area contributed by atoms with Crippen LogP contribution in [0.3, 0.4) is 0 Å². The lowest BCUT2D eigenvalue weighted by Gasteiger charge is -2.35. The molecule has 3 heterocycles. The smallest absolute Gasteiger partial charge is 0.236 e. The van der Waals surface area contributed by atoms with Crippen LogP contribution in [0.15, 0.2) is 0 Å². The number of amides is 1. The molecule has 3 aliphatic rings. The summed E-state index contributed by atoms with van der Waals surface area (Å²) in [4.78, 5) is 18.9. The summed E-state index contributed by atoms with van der Waals surface area (Å²) < 4.78 is 0. The molecular formula is C14H26N4O. The van der Waals surface area contributed by atoms with Crippen molar-refractivity contribution in [3.8, 4) is 0 Å². The minimum atomic E-state index is 0.326. The summed E-state index contributed by atoms with van der Waals surface area (Å²) in [5.74, 6) is 0.326. The summed E-state index contributed by atoms with van der Waals surface area (Å²) in [6.07, 6.45) is 4.65. The molecule has 3 fully saturated rings. The van der Waals surface area contributed by atoms with Crippen molar-refractivity contribution in [2.45, 2.75) is 37.8 Å². The summed E-state index contributed by atoms with van der Waals surface area (Å²) in [5, 5.41) is 0. The molecule has 0 spiro atoms. The summed E-state index contributed by atoms with van der Waals surface area (Å²) in [7, 11) is 0. The highest BCUT2D eigenvalue weighted by molar-refractivity contribution is 5.78. The van der Waals surface area contributed by atoms with Gasteiger partial charge in [0.25, 0.3) is 0 Å². The van der Waals surface area contributed by atoms with E-state index in [0.29, 0.717) is 24.5 Å². The minimum absolute atomic E-state index is 0.326.